The zero-order valence-electron chi connectivity index (χ0n) is 11.0. The molecule has 0 spiro atoms. The lowest BCUT2D eigenvalue weighted by Gasteiger charge is -2.13. The number of aryl methyl sites for hydroxylation is 2. The number of furan rings is 1. The van der Waals surface area contributed by atoms with Crippen molar-refractivity contribution in [2.45, 2.75) is 26.9 Å². The summed E-state index contributed by atoms with van der Waals surface area (Å²) in [6.45, 7) is 5.65. The van der Waals surface area contributed by atoms with E-state index in [1.807, 2.05) is 20.8 Å². The minimum atomic E-state index is -0.835. The van der Waals surface area contributed by atoms with Crippen LogP contribution < -0.4 is 4.74 Å². The summed E-state index contributed by atoms with van der Waals surface area (Å²) < 4.78 is 10.8. The van der Waals surface area contributed by atoms with Crippen LogP contribution in [0.25, 0.3) is 0 Å². The second-order valence-electron chi connectivity index (χ2n) is 4.25. The Morgan fingerprint density at radius 3 is 2.56 bits per heavy atom. The van der Waals surface area contributed by atoms with Gasteiger partial charge in [-0.1, -0.05) is 0 Å². The van der Waals surface area contributed by atoms with Crippen LogP contribution in [0.4, 0.5) is 0 Å². The minimum absolute atomic E-state index is 0.506. The predicted octanol–water partition coefficient (Wildman–Crippen LogP) is 2.69. The summed E-state index contributed by atoms with van der Waals surface area (Å²) in [5, 5.41) is 10.5. The fourth-order valence-corrected chi connectivity index (χ4v) is 2.13. The van der Waals surface area contributed by atoms with Crippen LogP contribution in [0.15, 0.2) is 22.7 Å². The number of hydrogen-bond acceptors (Lipinski definition) is 4. The number of nitrogens with zero attached hydrogens (tertiary/aromatic N) is 1. The van der Waals surface area contributed by atoms with Gasteiger partial charge in [0.15, 0.2) is 0 Å². The molecule has 4 nitrogen and oxygen atoms in total. The molecule has 0 saturated heterocycles. The minimum Gasteiger partial charge on any atom is -0.495 e. The van der Waals surface area contributed by atoms with Crippen molar-refractivity contribution < 1.29 is 14.3 Å². The van der Waals surface area contributed by atoms with E-state index in [-0.39, 0.29) is 0 Å². The Labute approximate surface area is 106 Å². The molecule has 1 atom stereocenters. The van der Waals surface area contributed by atoms with Gasteiger partial charge in [0, 0.05) is 11.8 Å². The quantitative estimate of drug-likeness (QED) is 0.906. The molecular weight excluding hydrogens is 230 g/mol. The van der Waals surface area contributed by atoms with Crippen molar-refractivity contribution in [3.63, 3.8) is 0 Å². The first-order valence-electron chi connectivity index (χ1n) is 5.79. The van der Waals surface area contributed by atoms with Gasteiger partial charge >= 0.3 is 0 Å². The SMILES string of the molecule is COc1cccnc1C(O)c1c(C)oc(C)c1C. The van der Waals surface area contributed by atoms with Gasteiger partial charge in [0.25, 0.3) is 0 Å². The number of methoxy groups -OCH3 is 1. The maximum Gasteiger partial charge on any atom is 0.143 e. The van der Waals surface area contributed by atoms with E-state index >= 15 is 0 Å². The van der Waals surface area contributed by atoms with Gasteiger partial charge in [-0.15, -0.1) is 0 Å². The molecule has 2 heterocycles. The summed E-state index contributed by atoms with van der Waals surface area (Å²) in [4.78, 5) is 4.20. The van der Waals surface area contributed by atoms with Crippen molar-refractivity contribution in [1.82, 2.24) is 4.98 Å². The number of aliphatic hydroxyl groups excluding tert-OH is 1. The third kappa shape index (κ3) is 1.99. The van der Waals surface area contributed by atoms with Crippen LogP contribution in [0.5, 0.6) is 5.75 Å². The number of ether oxygens (including phenoxy) is 1. The molecule has 0 amide bonds. The average molecular weight is 247 g/mol. The van der Waals surface area contributed by atoms with Crippen molar-refractivity contribution in [2.24, 2.45) is 0 Å². The highest BCUT2D eigenvalue weighted by Crippen LogP contribution is 2.33. The van der Waals surface area contributed by atoms with Gasteiger partial charge in [-0.05, 0) is 38.5 Å². The monoisotopic (exact) mass is 247 g/mol. The average Bonchev–Trinajstić information content (AvgIpc) is 2.62. The van der Waals surface area contributed by atoms with Crippen LogP contribution >= 0.6 is 0 Å². The topological polar surface area (TPSA) is 55.5 Å². The molecule has 0 fully saturated rings. The molecule has 0 aliphatic carbocycles. The van der Waals surface area contributed by atoms with Crippen molar-refractivity contribution >= 4 is 0 Å². The molecule has 0 radical (unpaired) electrons. The first kappa shape index (κ1) is 12.6. The standard InChI is InChI=1S/C14H17NO3/c1-8-9(2)18-10(3)12(8)14(16)13-11(17-4)6-5-7-15-13/h5-7,14,16H,1-4H3. The van der Waals surface area contributed by atoms with E-state index in [4.69, 9.17) is 9.15 Å². The van der Waals surface area contributed by atoms with E-state index in [9.17, 15) is 5.11 Å². The number of rotatable bonds is 3. The van der Waals surface area contributed by atoms with Gasteiger partial charge in [-0.25, -0.2) is 0 Å². The van der Waals surface area contributed by atoms with Crippen molar-refractivity contribution in [1.29, 1.82) is 0 Å². The number of aliphatic hydroxyl groups is 1. The highest BCUT2D eigenvalue weighted by Gasteiger charge is 2.24. The van der Waals surface area contributed by atoms with Crippen LogP contribution in [0, 0.1) is 20.8 Å². The van der Waals surface area contributed by atoms with E-state index in [2.05, 4.69) is 4.98 Å². The summed E-state index contributed by atoms with van der Waals surface area (Å²) in [5.41, 5.74) is 2.23. The molecule has 0 aliphatic rings. The Balaban J connectivity index is 2.51. The summed E-state index contributed by atoms with van der Waals surface area (Å²) in [6, 6.07) is 3.55. The summed E-state index contributed by atoms with van der Waals surface area (Å²) in [7, 11) is 1.56. The van der Waals surface area contributed by atoms with E-state index in [0.29, 0.717) is 17.2 Å². The normalized spacial score (nSPS) is 12.5. The lowest BCUT2D eigenvalue weighted by molar-refractivity contribution is 0.206. The maximum absolute atomic E-state index is 10.5. The summed E-state index contributed by atoms with van der Waals surface area (Å²) >= 11 is 0. The highest BCUT2D eigenvalue weighted by molar-refractivity contribution is 5.41. The smallest absolute Gasteiger partial charge is 0.143 e. The second-order valence-corrected chi connectivity index (χ2v) is 4.25. The highest BCUT2D eigenvalue weighted by atomic mass is 16.5. The molecule has 2 rings (SSSR count). The number of hydrogen-bond donors (Lipinski definition) is 1. The Hall–Kier alpha value is -1.81. The lowest BCUT2D eigenvalue weighted by atomic mass is 10.0. The molecule has 1 unspecified atom stereocenters. The van der Waals surface area contributed by atoms with Crippen molar-refractivity contribution in [3.8, 4) is 5.75 Å². The van der Waals surface area contributed by atoms with Gasteiger partial charge in [-0.2, -0.15) is 0 Å². The number of pyridine rings is 1. The Bertz CT molecular complexity index is 560. The lowest BCUT2D eigenvalue weighted by Crippen LogP contribution is -2.06. The molecule has 4 heteroatoms. The zero-order valence-corrected chi connectivity index (χ0v) is 11.0. The Morgan fingerprint density at radius 1 is 1.28 bits per heavy atom. The third-order valence-corrected chi connectivity index (χ3v) is 3.17. The molecule has 0 aliphatic heterocycles. The second kappa shape index (κ2) is 4.82. The van der Waals surface area contributed by atoms with Gasteiger partial charge in [0.2, 0.25) is 0 Å². The summed E-state index contributed by atoms with van der Waals surface area (Å²) in [6.07, 6.45) is 0.803. The van der Waals surface area contributed by atoms with Crippen LogP contribution in [0.2, 0.25) is 0 Å². The molecule has 18 heavy (non-hydrogen) atoms. The zero-order chi connectivity index (χ0) is 13.3. The van der Waals surface area contributed by atoms with Crippen LogP contribution in [0.1, 0.15) is 34.4 Å². The molecular formula is C14H17NO3. The number of aromatic nitrogens is 1. The van der Waals surface area contributed by atoms with Gasteiger partial charge < -0.3 is 14.3 Å². The molecule has 2 aromatic heterocycles. The third-order valence-electron chi connectivity index (χ3n) is 3.17. The predicted molar refractivity (Wildman–Crippen MR) is 67.8 cm³/mol. The maximum atomic E-state index is 10.5. The molecule has 2 aromatic rings. The fourth-order valence-electron chi connectivity index (χ4n) is 2.13. The summed E-state index contributed by atoms with van der Waals surface area (Å²) in [5.74, 6) is 2.10. The van der Waals surface area contributed by atoms with Gasteiger partial charge in [0.05, 0.1) is 7.11 Å². The van der Waals surface area contributed by atoms with Crippen LogP contribution in [-0.4, -0.2) is 17.2 Å². The van der Waals surface area contributed by atoms with Crippen molar-refractivity contribution in [2.75, 3.05) is 7.11 Å². The molecule has 96 valence electrons. The van der Waals surface area contributed by atoms with Crippen molar-refractivity contribution in [3.05, 3.63) is 46.7 Å². The van der Waals surface area contributed by atoms with E-state index in [0.717, 1.165) is 16.9 Å². The first-order chi connectivity index (χ1) is 8.56. The van der Waals surface area contributed by atoms with Crippen LogP contribution in [0.3, 0.4) is 0 Å². The van der Waals surface area contributed by atoms with Crippen LogP contribution in [-0.2, 0) is 0 Å². The van der Waals surface area contributed by atoms with E-state index < -0.39 is 6.10 Å². The van der Waals surface area contributed by atoms with E-state index in [1.54, 1.807) is 25.4 Å². The van der Waals surface area contributed by atoms with Gasteiger partial charge in [0.1, 0.15) is 29.1 Å². The van der Waals surface area contributed by atoms with E-state index in [1.165, 1.54) is 0 Å². The Morgan fingerprint density at radius 2 is 2.00 bits per heavy atom. The fraction of sp³-hybridized carbons (Fsp3) is 0.357. The van der Waals surface area contributed by atoms with Gasteiger partial charge in [-0.3, -0.25) is 4.98 Å². The molecule has 0 bridgehead atoms. The Kier molecular flexibility index (Phi) is 3.39. The first-order valence-corrected chi connectivity index (χ1v) is 5.79. The molecule has 0 aromatic carbocycles. The molecule has 0 saturated carbocycles. The largest absolute Gasteiger partial charge is 0.495 e. The molecule has 1 N–H and O–H groups in total.